The number of nitrogens with one attached hydrogen (secondary N) is 2. The Balaban J connectivity index is 2.04. The van der Waals surface area contributed by atoms with Gasteiger partial charge in [0.15, 0.2) is 0 Å². The zero-order chi connectivity index (χ0) is 17.7. The minimum absolute atomic E-state index is 0.193. The fraction of sp³-hybridized carbons (Fsp3) is 0.714. The zero-order valence-electron chi connectivity index (χ0n) is 14.3. The molecule has 9 nitrogen and oxygen atoms in total. The number of carbonyl (C=O) groups excluding carboxylic acids is 1. The van der Waals surface area contributed by atoms with Crippen LogP contribution < -0.4 is 5.32 Å². The molecule has 10 heteroatoms. The highest BCUT2D eigenvalue weighted by atomic mass is 32.2. The van der Waals surface area contributed by atoms with Crippen molar-refractivity contribution in [2.75, 3.05) is 46.4 Å². The van der Waals surface area contributed by atoms with E-state index in [1.165, 1.54) is 4.31 Å². The predicted molar refractivity (Wildman–Crippen MR) is 88.3 cm³/mol. The van der Waals surface area contributed by atoms with Crippen molar-refractivity contribution in [3.63, 3.8) is 0 Å². The van der Waals surface area contributed by atoms with E-state index in [0.717, 1.165) is 0 Å². The maximum atomic E-state index is 12.9. The number of aryl methyl sites for hydroxylation is 2. The van der Waals surface area contributed by atoms with Crippen LogP contribution in [0.4, 0.5) is 4.79 Å². The molecule has 2 rings (SSSR count). The molecule has 0 unspecified atom stereocenters. The molecule has 2 amide bonds. The first-order chi connectivity index (χ1) is 11.4. The minimum Gasteiger partial charge on any atom is -0.383 e. The smallest absolute Gasteiger partial charge is 0.317 e. The predicted octanol–water partition coefficient (Wildman–Crippen LogP) is 0.0789. The highest BCUT2D eigenvalue weighted by Gasteiger charge is 2.31. The molecular weight excluding hydrogens is 334 g/mol. The molecular formula is C14H25N5O4S. The van der Waals surface area contributed by atoms with Crippen LogP contribution in [0.3, 0.4) is 0 Å². The molecule has 1 aliphatic rings. The molecule has 0 bridgehead atoms. The standard InChI is InChI=1S/C14H25N5O4S/c1-11-13(12(2)17-16-11)24(21,22)19-7-4-6-18(8-9-19)14(20)15-5-10-23-3/h4-10H2,1-3H3,(H,15,20)(H,16,17). The number of aromatic nitrogens is 2. The molecule has 1 saturated heterocycles. The molecule has 0 radical (unpaired) electrons. The van der Waals surface area contributed by atoms with Crippen molar-refractivity contribution in [1.29, 1.82) is 0 Å². The molecule has 2 heterocycles. The van der Waals surface area contributed by atoms with Crippen molar-refractivity contribution < 1.29 is 17.9 Å². The molecule has 1 aromatic heterocycles. The van der Waals surface area contributed by atoms with Crippen LogP contribution in [0.25, 0.3) is 0 Å². The second-order valence-corrected chi connectivity index (χ2v) is 7.61. The third kappa shape index (κ3) is 4.05. The summed E-state index contributed by atoms with van der Waals surface area (Å²) in [6, 6.07) is -0.193. The summed E-state index contributed by atoms with van der Waals surface area (Å²) in [6.45, 7) is 5.77. The first-order valence-corrected chi connectivity index (χ1v) is 9.35. The van der Waals surface area contributed by atoms with E-state index in [-0.39, 0.29) is 17.5 Å². The van der Waals surface area contributed by atoms with Crippen molar-refractivity contribution in [3.8, 4) is 0 Å². The molecule has 0 atom stereocenters. The topological polar surface area (TPSA) is 108 Å². The van der Waals surface area contributed by atoms with Crippen LogP contribution in [0.15, 0.2) is 4.90 Å². The Hall–Kier alpha value is -1.65. The quantitative estimate of drug-likeness (QED) is 0.724. The van der Waals surface area contributed by atoms with Gasteiger partial charge in [-0.25, -0.2) is 13.2 Å². The highest BCUT2D eigenvalue weighted by Crippen LogP contribution is 2.22. The van der Waals surface area contributed by atoms with Gasteiger partial charge in [-0.15, -0.1) is 0 Å². The van der Waals surface area contributed by atoms with Gasteiger partial charge in [0.05, 0.1) is 18.0 Å². The molecule has 2 N–H and O–H groups in total. The first kappa shape index (κ1) is 18.7. The summed E-state index contributed by atoms with van der Waals surface area (Å²) in [4.78, 5) is 14.0. The van der Waals surface area contributed by atoms with Gasteiger partial charge in [-0.2, -0.15) is 9.40 Å². The van der Waals surface area contributed by atoms with Crippen LogP contribution in [0, 0.1) is 13.8 Å². The highest BCUT2D eigenvalue weighted by molar-refractivity contribution is 7.89. The number of aromatic amines is 1. The maximum absolute atomic E-state index is 12.9. The van der Waals surface area contributed by atoms with Gasteiger partial charge in [-0.3, -0.25) is 5.10 Å². The average Bonchev–Trinajstić information content (AvgIpc) is 2.76. The van der Waals surface area contributed by atoms with Gasteiger partial charge in [0, 0.05) is 39.8 Å². The normalized spacial score (nSPS) is 16.9. The number of hydrogen-bond donors (Lipinski definition) is 2. The van der Waals surface area contributed by atoms with Gasteiger partial charge in [0.25, 0.3) is 0 Å². The maximum Gasteiger partial charge on any atom is 0.317 e. The lowest BCUT2D eigenvalue weighted by atomic mass is 10.4. The fourth-order valence-corrected chi connectivity index (χ4v) is 4.56. The van der Waals surface area contributed by atoms with Gasteiger partial charge >= 0.3 is 6.03 Å². The number of ether oxygens (including phenoxy) is 1. The van der Waals surface area contributed by atoms with E-state index in [4.69, 9.17) is 4.74 Å². The van der Waals surface area contributed by atoms with Crippen molar-refractivity contribution in [2.45, 2.75) is 25.2 Å². The number of nitrogens with zero attached hydrogens (tertiary/aromatic N) is 3. The largest absolute Gasteiger partial charge is 0.383 e. The number of amides is 2. The average molecular weight is 359 g/mol. The van der Waals surface area contributed by atoms with Crippen molar-refractivity contribution in [1.82, 2.24) is 24.7 Å². The summed E-state index contributed by atoms with van der Waals surface area (Å²) in [5.41, 5.74) is 0.997. The van der Waals surface area contributed by atoms with Crippen LogP contribution in [0.5, 0.6) is 0 Å². The fourth-order valence-electron chi connectivity index (χ4n) is 2.76. The Bertz CT molecular complexity index is 653. The van der Waals surface area contributed by atoms with Crippen LogP contribution >= 0.6 is 0 Å². The summed E-state index contributed by atoms with van der Waals surface area (Å²) < 4.78 is 32.1. The lowest BCUT2D eigenvalue weighted by Gasteiger charge is -2.22. The molecule has 0 aliphatic carbocycles. The number of urea groups is 1. The van der Waals surface area contributed by atoms with Crippen molar-refractivity contribution in [2.24, 2.45) is 0 Å². The second kappa shape index (κ2) is 7.95. The molecule has 0 saturated carbocycles. The van der Waals surface area contributed by atoms with Crippen LogP contribution in [-0.2, 0) is 14.8 Å². The molecule has 1 aromatic rings. The first-order valence-electron chi connectivity index (χ1n) is 7.91. The van der Waals surface area contributed by atoms with E-state index in [9.17, 15) is 13.2 Å². The Morgan fingerprint density at radius 2 is 2.04 bits per heavy atom. The van der Waals surface area contributed by atoms with Gasteiger partial charge in [0.1, 0.15) is 4.90 Å². The lowest BCUT2D eigenvalue weighted by molar-refractivity contribution is 0.181. The third-order valence-corrected chi connectivity index (χ3v) is 6.15. The zero-order valence-corrected chi connectivity index (χ0v) is 15.1. The van der Waals surface area contributed by atoms with E-state index in [2.05, 4.69) is 15.5 Å². The van der Waals surface area contributed by atoms with Crippen LogP contribution in [0.2, 0.25) is 0 Å². The Labute approximate surface area is 142 Å². The number of sulfonamides is 1. The van der Waals surface area contributed by atoms with E-state index < -0.39 is 10.0 Å². The molecule has 1 aliphatic heterocycles. The van der Waals surface area contributed by atoms with E-state index >= 15 is 0 Å². The lowest BCUT2D eigenvalue weighted by Crippen LogP contribution is -2.43. The summed E-state index contributed by atoms with van der Waals surface area (Å²) in [5.74, 6) is 0. The summed E-state index contributed by atoms with van der Waals surface area (Å²) in [5, 5.41) is 9.44. The van der Waals surface area contributed by atoms with Gasteiger partial charge in [-0.05, 0) is 20.3 Å². The van der Waals surface area contributed by atoms with Crippen LogP contribution in [0.1, 0.15) is 17.8 Å². The minimum atomic E-state index is -3.61. The third-order valence-electron chi connectivity index (χ3n) is 3.98. The number of methoxy groups -OCH3 is 1. The molecule has 0 spiro atoms. The summed E-state index contributed by atoms with van der Waals surface area (Å²) in [7, 11) is -2.04. The molecule has 1 fully saturated rings. The van der Waals surface area contributed by atoms with E-state index in [0.29, 0.717) is 50.6 Å². The monoisotopic (exact) mass is 359 g/mol. The SMILES string of the molecule is COCCNC(=O)N1CCCN(S(=O)(=O)c2c(C)n[nH]c2C)CC1. The van der Waals surface area contributed by atoms with E-state index in [1.54, 1.807) is 25.9 Å². The Kier molecular flexibility index (Phi) is 6.19. The van der Waals surface area contributed by atoms with Gasteiger partial charge in [-0.1, -0.05) is 0 Å². The van der Waals surface area contributed by atoms with Gasteiger partial charge < -0.3 is 15.0 Å². The number of carbonyl (C=O) groups is 1. The Morgan fingerprint density at radius 3 is 2.67 bits per heavy atom. The molecule has 0 aromatic carbocycles. The summed E-state index contributed by atoms with van der Waals surface area (Å²) in [6.07, 6.45) is 0.590. The number of H-pyrrole nitrogens is 1. The second-order valence-electron chi connectivity index (χ2n) is 5.73. The number of hydrogen-bond acceptors (Lipinski definition) is 5. The molecule has 136 valence electrons. The van der Waals surface area contributed by atoms with Gasteiger partial charge in [0.2, 0.25) is 10.0 Å². The molecule has 24 heavy (non-hydrogen) atoms. The Morgan fingerprint density at radius 1 is 1.29 bits per heavy atom. The summed E-state index contributed by atoms with van der Waals surface area (Å²) >= 11 is 0. The van der Waals surface area contributed by atoms with E-state index in [1.807, 2.05) is 0 Å². The van der Waals surface area contributed by atoms with Crippen molar-refractivity contribution in [3.05, 3.63) is 11.4 Å². The number of rotatable bonds is 5. The van der Waals surface area contributed by atoms with Crippen molar-refractivity contribution >= 4 is 16.1 Å². The van der Waals surface area contributed by atoms with Crippen LogP contribution in [-0.4, -0.2) is 80.3 Å².